The van der Waals surface area contributed by atoms with Gasteiger partial charge in [-0.25, -0.2) is 0 Å². The van der Waals surface area contributed by atoms with Gasteiger partial charge in [-0.15, -0.1) is 0 Å². The van der Waals surface area contributed by atoms with E-state index in [1.54, 1.807) is 7.05 Å². The molecular formula is C13H18N4. The number of guanidine groups is 1. The maximum absolute atomic E-state index is 4.07. The number of H-pyrrole nitrogens is 1. The van der Waals surface area contributed by atoms with Gasteiger partial charge in [0.05, 0.1) is 0 Å². The molecule has 17 heavy (non-hydrogen) atoms. The molecule has 0 saturated heterocycles. The lowest BCUT2D eigenvalue weighted by molar-refractivity contribution is 0.837. The molecule has 0 amide bonds. The van der Waals surface area contributed by atoms with Crippen molar-refractivity contribution in [3.8, 4) is 0 Å². The van der Waals surface area contributed by atoms with Crippen LogP contribution in [0.25, 0.3) is 10.9 Å². The molecule has 0 aliphatic heterocycles. The number of para-hydroxylation sites is 1. The molecule has 3 N–H and O–H groups in total. The van der Waals surface area contributed by atoms with Gasteiger partial charge in [-0.05, 0) is 18.1 Å². The van der Waals surface area contributed by atoms with Gasteiger partial charge in [-0.2, -0.15) is 0 Å². The van der Waals surface area contributed by atoms with Gasteiger partial charge in [0.15, 0.2) is 5.96 Å². The summed E-state index contributed by atoms with van der Waals surface area (Å²) in [6, 6.07) is 8.36. The summed E-state index contributed by atoms with van der Waals surface area (Å²) in [5.74, 6) is 0.824. The van der Waals surface area contributed by atoms with E-state index in [0.29, 0.717) is 0 Å². The monoisotopic (exact) mass is 230 g/mol. The number of nitrogens with one attached hydrogen (secondary N) is 3. The highest BCUT2D eigenvalue weighted by Crippen LogP contribution is 2.17. The second kappa shape index (κ2) is 5.39. The number of nitrogens with zero attached hydrogens (tertiary/aromatic N) is 1. The molecule has 4 nitrogen and oxygen atoms in total. The average Bonchev–Trinajstić information content (AvgIpc) is 2.78. The number of benzene rings is 1. The Kier molecular flexibility index (Phi) is 3.65. The van der Waals surface area contributed by atoms with Crippen molar-refractivity contribution < 1.29 is 0 Å². The van der Waals surface area contributed by atoms with E-state index in [1.807, 2.05) is 13.1 Å². The zero-order chi connectivity index (χ0) is 12.1. The first-order valence-corrected chi connectivity index (χ1v) is 5.78. The lowest BCUT2D eigenvalue weighted by Gasteiger charge is -2.07. The largest absolute Gasteiger partial charge is 0.361 e. The lowest BCUT2D eigenvalue weighted by Crippen LogP contribution is -2.35. The van der Waals surface area contributed by atoms with Crippen molar-refractivity contribution in [3.63, 3.8) is 0 Å². The number of aliphatic imine (C=N–C) groups is 1. The fourth-order valence-corrected chi connectivity index (χ4v) is 1.93. The molecule has 4 heteroatoms. The first-order chi connectivity index (χ1) is 8.35. The van der Waals surface area contributed by atoms with Crippen molar-refractivity contribution in [1.82, 2.24) is 15.6 Å². The maximum atomic E-state index is 4.07. The van der Waals surface area contributed by atoms with Crippen molar-refractivity contribution >= 4 is 16.9 Å². The molecule has 1 aromatic carbocycles. The quantitative estimate of drug-likeness (QED) is 0.553. The molecule has 0 unspecified atom stereocenters. The molecule has 2 aromatic rings. The minimum absolute atomic E-state index is 0.824. The van der Waals surface area contributed by atoms with Crippen LogP contribution in [0.3, 0.4) is 0 Å². The molecule has 0 radical (unpaired) electrons. The highest BCUT2D eigenvalue weighted by molar-refractivity contribution is 5.83. The van der Waals surface area contributed by atoms with Gasteiger partial charge < -0.3 is 15.6 Å². The van der Waals surface area contributed by atoms with Gasteiger partial charge in [0.2, 0.25) is 0 Å². The predicted octanol–water partition coefficient (Wildman–Crippen LogP) is 1.51. The second-order valence-corrected chi connectivity index (χ2v) is 3.86. The molecule has 0 aliphatic carbocycles. The predicted molar refractivity (Wildman–Crippen MR) is 72.4 cm³/mol. The molecule has 0 atom stereocenters. The second-order valence-electron chi connectivity index (χ2n) is 3.86. The van der Waals surface area contributed by atoms with E-state index in [2.05, 4.69) is 45.0 Å². The van der Waals surface area contributed by atoms with Gasteiger partial charge in [0.25, 0.3) is 0 Å². The zero-order valence-electron chi connectivity index (χ0n) is 10.2. The van der Waals surface area contributed by atoms with Crippen LogP contribution < -0.4 is 10.6 Å². The highest BCUT2D eigenvalue weighted by atomic mass is 15.1. The lowest BCUT2D eigenvalue weighted by atomic mass is 10.1. The van der Waals surface area contributed by atoms with Crippen molar-refractivity contribution in [2.45, 2.75) is 6.42 Å². The van der Waals surface area contributed by atoms with Gasteiger partial charge in [0, 0.05) is 37.7 Å². The van der Waals surface area contributed by atoms with E-state index >= 15 is 0 Å². The molecule has 0 fully saturated rings. The smallest absolute Gasteiger partial charge is 0.190 e. The van der Waals surface area contributed by atoms with Gasteiger partial charge >= 0.3 is 0 Å². The zero-order valence-corrected chi connectivity index (χ0v) is 10.2. The number of hydrogen-bond acceptors (Lipinski definition) is 1. The number of aromatic nitrogens is 1. The van der Waals surface area contributed by atoms with Crippen molar-refractivity contribution in [2.75, 3.05) is 20.6 Å². The molecule has 0 bridgehead atoms. The van der Waals surface area contributed by atoms with E-state index in [-0.39, 0.29) is 0 Å². The van der Waals surface area contributed by atoms with Crippen LogP contribution in [0.4, 0.5) is 0 Å². The third kappa shape index (κ3) is 2.58. The standard InChI is InChI=1S/C13H18N4/c1-14-13(15-2)16-8-7-10-9-17-12-6-4-3-5-11(10)12/h3-6,9,17H,7-8H2,1-2H3,(H2,14,15,16). The van der Waals surface area contributed by atoms with E-state index in [0.717, 1.165) is 18.9 Å². The van der Waals surface area contributed by atoms with Crippen molar-refractivity contribution in [1.29, 1.82) is 0 Å². The molecule has 90 valence electrons. The Morgan fingerprint density at radius 3 is 2.94 bits per heavy atom. The molecular weight excluding hydrogens is 212 g/mol. The normalized spacial score (nSPS) is 11.8. The molecule has 0 aliphatic rings. The topological polar surface area (TPSA) is 52.2 Å². The van der Waals surface area contributed by atoms with Crippen LogP contribution in [0.1, 0.15) is 5.56 Å². The number of fused-ring (bicyclic) bond motifs is 1. The van der Waals surface area contributed by atoms with Crippen molar-refractivity contribution in [3.05, 3.63) is 36.0 Å². The van der Waals surface area contributed by atoms with Crippen LogP contribution in [0.2, 0.25) is 0 Å². The summed E-state index contributed by atoms with van der Waals surface area (Å²) in [5.41, 5.74) is 2.53. The SMILES string of the molecule is CN=C(NC)NCCc1c[nH]c2ccccc12. The van der Waals surface area contributed by atoms with Crippen LogP contribution in [-0.4, -0.2) is 31.6 Å². The maximum Gasteiger partial charge on any atom is 0.190 e. The average molecular weight is 230 g/mol. The Balaban J connectivity index is 2.00. The van der Waals surface area contributed by atoms with Crippen molar-refractivity contribution in [2.24, 2.45) is 4.99 Å². The number of aromatic amines is 1. The minimum atomic E-state index is 0.824. The van der Waals surface area contributed by atoms with E-state index in [4.69, 9.17) is 0 Å². The Labute approximate surface area is 101 Å². The molecule has 1 heterocycles. The Morgan fingerprint density at radius 2 is 2.18 bits per heavy atom. The highest BCUT2D eigenvalue weighted by Gasteiger charge is 2.02. The summed E-state index contributed by atoms with van der Waals surface area (Å²) in [4.78, 5) is 7.35. The fraction of sp³-hybridized carbons (Fsp3) is 0.308. The van der Waals surface area contributed by atoms with E-state index in [1.165, 1.54) is 16.5 Å². The van der Waals surface area contributed by atoms with Crippen LogP contribution in [-0.2, 0) is 6.42 Å². The number of rotatable bonds is 3. The third-order valence-electron chi connectivity index (χ3n) is 2.82. The first-order valence-electron chi connectivity index (χ1n) is 5.78. The van der Waals surface area contributed by atoms with E-state index < -0.39 is 0 Å². The van der Waals surface area contributed by atoms with Crippen LogP contribution >= 0.6 is 0 Å². The molecule has 2 rings (SSSR count). The summed E-state index contributed by atoms with van der Waals surface area (Å²) in [7, 11) is 3.63. The van der Waals surface area contributed by atoms with Crippen LogP contribution in [0.5, 0.6) is 0 Å². The Hall–Kier alpha value is -1.97. The van der Waals surface area contributed by atoms with Crippen LogP contribution in [0.15, 0.2) is 35.5 Å². The minimum Gasteiger partial charge on any atom is -0.361 e. The summed E-state index contributed by atoms with van der Waals surface area (Å²) in [5, 5.41) is 7.55. The van der Waals surface area contributed by atoms with Gasteiger partial charge in [-0.1, -0.05) is 18.2 Å². The summed E-state index contributed by atoms with van der Waals surface area (Å²) in [6.45, 7) is 0.870. The first kappa shape index (κ1) is 11.5. The summed E-state index contributed by atoms with van der Waals surface area (Å²) in [6.07, 6.45) is 3.05. The Bertz CT molecular complexity index is 513. The fourth-order valence-electron chi connectivity index (χ4n) is 1.93. The van der Waals surface area contributed by atoms with Crippen LogP contribution in [0, 0.1) is 0 Å². The summed E-state index contributed by atoms with van der Waals surface area (Å²) >= 11 is 0. The Morgan fingerprint density at radius 1 is 1.35 bits per heavy atom. The van der Waals surface area contributed by atoms with Gasteiger partial charge in [0.1, 0.15) is 0 Å². The molecule has 1 aromatic heterocycles. The number of hydrogen-bond donors (Lipinski definition) is 3. The molecule has 0 spiro atoms. The summed E-state index contributed by atoms with van der Waals surface area (Å²) < 4.78 is 0. The third-order valence-corrected chi connectivity index (χ3v) is 2.82. The van der Waals surface area contributed by atoms with E-state index in [9.17, 15) is 0 Å². The molecule has 0 saturated carbocycles. The van der Waals surface area contributed by atoms with Gasteiger partial charge in [-0.3, -0.25) is 4.99 Å².